The molecular formula is C16H16N2O6. The fourth-order valence-electron chi connectivity index (χ4n) is 2.16. The molecule has 0 amide bonds. The van der Waals surface area contributed by atoms with Crippen LogP contribution < -0.4 is 9.47 Å². The van der Waals surface area contributed by atoms with Gasteiger partial charge in [-0.05, 0) is 38.1 Å². The van der Waals surface area contributed by atoms with Gasteiger partial charge in [0.2, 0.25) is 0 Å². The summed E-state index contributed by atoms with van der Waals surface area (Å²) in [6.45, 7) is 3.77. The van der Waals surface area contributed by atoms with Gasteiger partial charge in [-0.2, -0.15) is 0 Å². The van der Waals surface area contributed by atoms with Gasteiger partial charge in [-0.25, -0.2) is 0 Å². The Bertz CT molecular complexity index is 710. The predicted octanol–water partition coefficient (Wildman–Crippen LogP) is 3.58. The largest absolute Gasteiger partial charge is 0.490 e. The number of benzene rings is 2. The fraction of sp³-hybridized carbons (Fsp3) is 0.250. The van der Waals surface area contributed by atoms with Crippen molar-refractivity contribution in [3.63, 3.8) is 0 Å². The van der Waals surface area contributed by atoms with E-state index in [0.29, 0.717) is 22.6 Å². The SMILES string of the molecule is Cc1cc(OCCOc2ccc([N+](=O)[O-])c(C)c2)ccc1[N+](=O)[O-]. The Balaban J connectivity index is 1.87. The zero-order valence-electron chi connectivity index (χ0n) is 13.2. The molecule has 2 aromatic carbocycles. The Labute approximate surface area is 137 Å². The van der Waals surface area contributed by atoms with Crippen LogP contribution in [0.5, 0.6) is 11.5 Å². The molecule has 8 heteroatoms. The van der Waals surface area contributed by atoms with Gasteiger partial charge >= 0.3 is 0 Å². The first-order chi connectivity index (χ1) is 11.4. The van der Waals surface area contributed by atoms with E-state index in [-0.39, 0.29) is 24.6 Å². The highest BCUT2D eigenvalue weighted by atomic mass is 16.6. The second-order valence-corrected chi connectivity index (χ2v) is 5.11. The van der Waals surface area contributed by atoms with Crippen LogP contribution in [0, 0.1) is 34.1 Å². The van der Waals surface area contributed by atoms with Crippen LogP contribution in [-0.4, -0.2) is 23.1 Å². The molecule has 24 heavy (non-hydrogen) atoms. The minimum atomic E-state index is -0.445. The zero-order chi connectivity index (χ0) is 17.7. The number of rotatable bonds is 7. The number of nitro groups is 2. The van der Waals surface area contributed by atoms with Crippen molar-refractivity contribution >= 4 is 11.4 Å². The molecule has 0 saturated heterocycles. The van der Waals surface area contributed by atoms with Crippen LogP contribution in [0.3, 0.4) is 0 Å². The number of hydrogen-bond donors (Lipinski definition) is 0. The van der Waals surface area contributed by atoms with Gasteiger partial charge in [0.25, 0.3) is 11.4 Å². The Morgan fingerprint density at radius 3 is 1.46 bits per heavy atom. The number of aryl methyl sites for hydroxylation is 2. The molecule has 0 aliphatic carbocycles. The Morgan fingerprint density at radius 2 is 1.17 bits per heavy atom. The third-order valence-electron chi connectivity index (χ3n) is 3.35. The van der Waals surface area contributed by atoms with Gasteiger partial charge < -0.3 is 9.47 Å². The van der Waals surface area contributed by atoms with E-state index in [0.717, 1.165) is 0 Å². The van der Waals surface area contributed by atoms with Gasteiger partial charge in [-0.1, -0.05) is 0 Å². The van der Waals surface area contributed by atoms with Gasteiger partial charge in [0, 0.05) is 23.3 Å². The van der Waals surface area contributed by atoms with Crippen LogP contribution in [-0.2, 0) is 0 Å². The number of nitro benzene ring substituents is 2. The summed E-state index contributed by atoms with van der Waals surface area (Å²) in [5.41, 5.74) is 1.12. The first kappa shape index (κ1) is 17.2. The molecule has 0 spiro atoms. The molecule has 0 bridgehead atoms. The first-order valence-corrected chi connectivity index (χ1v) is 7.14. The Hall–Kier alpha value is -3.16. The summed E-state index contributed by atoms with van der Waals surface area (Å²) in [4.78, 5) is 20.6. The van der Waals surface area contributed by atoms with Crippen LogP contribution in [0.15, 0.2) is 36.4 Å². The fourth-order valence-corrected chi connectivity index (χ4v) is 2.16. The molecule has 0 unspecified atom stereocenters. The Morgan fingerprint density at radius 1 is 0.792 bits per heavy atom. The minimum absolute atomic E-state index is 0.0416. The van der Waals surface area contributed by atoms with E-state index >= 15 is 0 Å². The van der Waals surface area contributed by atoms with Crippen molar-refractivity contribution in [1.29, 1.82) is 0 Å². The average molecular weight is 332 g/mol. The van der Waals surface area contributed by atoms with Crippen molar-refractivity contribution < 1.29 is 19.3 Å². The normalized spacial score (nSPS) is 10.2. The van der Waals surface area contributed by atoms with E-state index in [1.54, 1.807) is 26.0 Å². The summed E-state index contributed by atoms with van der Waals surface area (Å²) in [6.07, 6.45) is 0. The van der Waals surface area contributed by atoms with Crippen LogP contribution in [0.4, 0.5) is 11.4 Å². The average Bonchev–Trinajstić information content (AvgIpc) is 2.51. The summed E-state index contributed by atoms with van der Waals surface area (Å²) in [6, 6.07) is 9.03. The highest BCUT2D eigenvalue weighted by Crippen LogP contribution is 2.24. The molecule has 0 radical (unpaired) electrons. The summed E-state index contributed by atoms with van der Waals surface area (Å²) < 4.78 is 11.0. The van der Waals surface area contributed by atoms with Crippen molar-refractivity contribution in [1.82, 2.24) is 0 Å². The summed E-state index contributed by atoms with van der Waals surface area (Å²) in [5.74, 6) is 1.03. The lowest BCUT2D eigenvalue weighted by Crippen LogP contribution is -2.09. The van der Waals surface area contributed by atoms with Gasteiger partial charge in [0.1, 0.15) is 24.7 Å². The highest BCUT2D eigenvalue weighted by Gasteiger charge is 2.12. The maximum Gasteiger partial charge on any atom is 0.272 e. The topological polar surface area (TPSA) is 105 Å². The molecule has 0 aromatic heterocycles. The number of nitrogens with zero attached hydrogens (tertiary/aromatic N) is 2. The maximum absolute atomic E-state index is 10.7. The molecule has 0 aliphatic heterocycles. The smallest absolute Gasteiger partial charge is 0.272 e. The van der Waals surface area contributed by atoms with Gasteiger partial charge in [0.05, 0.1) is 9.85 Å². The second kappa shape index (κ2) is 7.40. The van der Waals surface area contributed by atoms with Gasteiger partial charge in [0.15, 0.2) is 0 Å². The molecule has 8 nitrogen and oxygen atoms in total. The summed E-state index contributed by atoms with van der Waals surface area (Å²) >= 11 is 0. The minimum Gasteiger partial charge on any atom is -0.490 e. The van der Waals surface area contributed by atoms with Crippen molar-refractivity contribution in [3.05, 3.63) is 67.8 Å². The van der Waals surface area contributed by atoms with Gasteiger partial charge in [-0.3, -0.25) is 20.2 Å². The number of ether oxygens (including phenoxy) is 2. The second-order valence-electron chi connectivity index (χ2n) is 5.11. The lowest BCUT2D eigenvalue weighted by atomic mass is 10.2. The van der Waals surface area contributed by atoms with E-state index in [9.17, 15) is 20.2 Å². The van der Waals surface area contributed by atoms with Crippen molar-refractivity contribution in [3.8, 4) is 11.5 Å². The van der Waals surface area contributed by atoms with Crippen molar-refractivity contribution in [2.75, 3.05) is 13.2 Å². The molecule has 0 fully saturated rings. The van der Waals surface area contributed by atoms with E-state index < -0.39 is 9.85 Å². The predicted molar refractivity (Wildman–Crippen MR) is 86.7 cm³/mol. The quantitative estimate of drug-likeness (QED) is 0.436. The van der Waals surface area contributed by atoms with E-state index in [2.05, 4.69) is 0 Å². The third kappa shape index (κ3) is 4.19. The lowest BCUT2D eigenvalue weighted by Gasteiger charge is -2.09. The van der Waals surface area contributed by atoms with Crippen LogP contribution in [0.2, 0.25) is 0 Å². The highest BCUT2D eigenvalue weighted by molar-refractivity contribution is 5.45. The van der Waals surface area contributed by atoms with E-state index in [1.807, 2.05) is 0 Å². The molecule has 2 aromatic rings. The van der Waals surface area contributed by atoms with Crippen molar-refractivity contribution in [2.24, 2.45) is 0 Å². The zero-order valence-corrected chi connectivity index (χ0v) is 13.2. The van der Waals surface area contributed by atoms with Crippen LogP contribution in [0.25, 0.3) is 0 Å². The first-order valence-electron chi connectivity index (χ1n) is 7.14. The number of hydrogen-bond acceptors (Lipinski definition) is 6. The maximum atomic E-state index is 10.7. The third-order valence-corrected chi connectivity index (χ3v) is 3.35. The molecular weight excluding hydrogens is 316 g/mol. The molecule has 0 heterocycles. The Kier molecular flexibility index (Phi) is 5.31. The lowest BCUT2D eigenvalue weighted by molar-refractivity contribution is -0.385. The molecule has 0 N–H and O–H groups in total. The summed E-state index contributed by atoms with van der Waals surface area (Å²) in [5, 5.41) is 21.5. The summed E-state index contributed by atoms with van der Waals surface area (Å²) in [7, 11) is 0. The molecule has 126 valence electrons. The molecule has 2 rings (SSSR count). The van der Waals surface area contributed by atoms with E-state index in [1.165, 1.54) is 24.3 Å². The van der Waals surface area contributed by atoms with Crippen molar-refractivity contribution in [2.45, 2.75) is 13.8 Å². The standard InChI is InChI=1S/C16H16N2O6/c1-11-9-13(3-5-15(11)17(19)20)23-7-8-24-14-4-6-16(18(21)22)12(2)10-14/h3-6,9-10H,7-8H2,1-2H3. The van der Waals surface area contributed by atoms with Gasteiger partial charge in [-0.15, -0.1) is 0 Å². The van der Waals surface area contributed by atoms with Crippen LogP contribution in [0.1, 0.15) is 11.1 Å². The van der Waals surface area contributed by atoms with E-state index in [4.69, 9.17) is 9.47 Å². The molecule has 0 aliphatic rings. The monoisotopic (exact) mass is 332 g/mol. The van der Waals surface area contributed by atoms with Crippen LogP contribution >= 0.6 is 0 Å². The molecule has 0 atom stereocenters. The molecule has 0 saturated carbocycles.